The van der Waals surface area contributed by atoms with Crippen LogP contribution in [-0.4, -0.2) is 26.7 Å². The number of halogens is 1. The highest BCUT2D eigenvalue weighted by Crippen LogP contribution is 2.44. The second-order valence-electron chi connectivity index (χ2n) is 9.06. The van der Waals surface area contributed by atoms with Crippen LogP contribution in [-0.2, 0) is 16.1 Å². The molecule has 0 aliphatic carbocycles. The maximum atomic E-state index is 13.5. The number of para-hydroxylation sites is 1. The van der Waals surface area contributed by atoms with Crippen LogP contribution in [0.25, 0.3) is 16.7 Å². The van der Waals surface area contributed by atoms with Crippen LogP contribution >= 0.6 is 0 Å². The van der Waals surface area contributed by atoms with Crippen LogP contribution in [0.2, 0.25) is 0 Å². The summed E-state index contributed by atoms with van der Waals surface area (Å²) in [6.45, 7) is 5.89. The van der Waals surface area contributed by atoms with Crippen LogP contribution in [0.1, 0.15) is 39.6 Å². The van der Waals surface area contributed by atoms with E-state index in [0.717, 1.165) is 33.3 Å². The van der Waals surface area contributed by atoms with Crippen molar-refractivity contribution < 1.29 is 19.1 Å². The van der Waals surface area contributed by atoms with Gasteiger partial charge in [0.15, 0.2) is 0 Å². The highest BCUT2D eigenvalue weighted by atomic mass is 19.1. The summed E-state index contributed by atoms with van der Waals surface area (Å²) < 4.78 is 13.5. The second kappa shape index (κ2) is 8.55. The monoisotopic (exact) mass is 468 g/mol. The van der Waals surface area contributed by atoms with Gasteiger partial charge in [-0.15, -0.1) is 0 Å². The summed E-state index contributed by atoms with van der Waals surface area (Å²) in [6, 6.07) is 18.2. The number of Topliss-reactive ketones (excluding diaryl/α,β-unsaturated/α-hetero) is 1. The number of aryl methyl sites for hydroxylation is 3. The Balaban J connectivity index is 1.74. The Morgan fingerprint density at radius 1 is 0.971 bits per heavy atom. The van der Waals surface area contributed by atoms with Crippen molar-refractivity contribution in [3.8, 4) is 0 Å². The number of aliphatic hydroxyl groups excluding tert-OH is 1. The predicted octanol–water partition coefficient (Wildman–Crippen LogP) is 5.85. The number of benzene rings is 3. The summed E-state index contributed by atoms with van der Waals surface area (Å²) in [5, 5.41) is 12.3. The van der Waals surface area contributed by atoms with Gasteiger partial charge < -0.3 is 15.0 Å². The lowest BCUT2D eigenvalue weighted by atomic mass is 9.92. The lowest BCUT2D eigenvalue weighted by Crippen LogP contribution is -2.29. The van der Waals surface area contributed by atoms with E-state index in [2.05, 4.69) is 4.98 Å². The number of likely N-dealkylation sites (tertiary alicyclic amines) is 1. The number of amides is 1. The first-order valence-electron chi connectivity index (χ1n) is 11.4. The van der Waals surface area contributed by atoms with Crippen molar-refractivity contribution in [1.29, 1.82) is 0 Å². The minimum atomic E-state index is -0.808. The predicted molar refractivity (Wildman–Crippen MR) is 133 cm³/mol. The molecule has 1 unspecified atom stereocenters. The Labute approximate surface area is 202 Å². The lowest BCUT2D eigenvalue weighted by Gasteiger charge is -2.26. The van der Waals surface area contributed by atoms with Gasteiger partial charge in [0.05, 0.1) is 11.6 Å². The lowest BCUT2D eigenvalue weighted by molar-refractivity contribution is -0.140. The molecule has 6 heteroatoms. The van der Waals surface area contributed by atoms with Gasteiger partial charge in [0.25, 0.3) is 11.7 Å². The number of H-pyrrole nitrogens is 1. The van der Waals surface area contributed by atoms with Crippen molar-refractivity contribution in [1.82, 2.24) is 9.88 Å². The topological polar surface area (TPSA) is 73.4 Å². The van der Waals surface area contributed by atoms with Gasteiger partial charge >= 0.3 is 0 Å². The molecule has 1 aliphatic rings. The van der Waals surface area contributed by atoms with Crippen LogP contribution in [0.5, 0.6) is 0 Å². The Kier molecular flexibility index (Phi) is 5.52. The second-order valence-corrected chi connectivity index (χ2v) is 9.06. The molecule has 35 heavy (non-hydrogen) atoms. The minimum Gasteiger partial charge on any atom is -0.507 e. The molecule has 0 radical (unpaired) electrons. The van der Waals surface area contributed by atoms with E-state index in [1.54, 1.807) is 18.2 Å². The molecule has 4 aromatic rings. The third kappa shape index (κ3) is 3.81. The number of nitrogens with one attached hydrogen (secondary N) is 1. The molecule has 1 aromatic heterocycles. The number of hydrogen-bond acceptors (Lipinski definition) is 3. The fraction of sp³-hybridized carbons (Fsp3) is 0.172. The van der Waals surface area contributed by atoms with E-state index in [-0.39, 0.29) is 23.7 Å². The summed E-state index contributed by atoms with van der Waals surface area (Å²) in [4.78, 5) is 31.5. The first kappa shape index (κ1) is 22.6. The summed E-state index contributed by atoms with van der Waals surface area (Å²) >= 11 is 0. The van der Waals surface area contributed by atoms with Crippen molar-refractivity contribution in [3.05, 3.63) is 112 Å². The van der Waals surface area contributed by atoms with Gasteiger partial charge in [-0.1, -0.05) is 42.5 Å². The first-order chi connectivity index (χ1) is 16.8. The maximum absolute atomic E-state index is 13.5. The van der Waals surface area contributed by atoms with Gasteiger partial charge in [0.2, 0.25) is 0 Å². The Hall–Kier alpha value is -4.19. The summed E-state index contributed by atoms with van der Waals surface area (Å²) in [7, 11) is 0. The molecule has 5 rings (SSSR count). The molecule has 5 nitrogen and oxygen atoms in total. The van der Waals surface area contributed by atoms with Crippen molar-refractivity contribution in [2.75, 3.05) is 0 Å². The third-order valence-electron chi connectivity index (χ3n) is 6.80. The molecule has 1 atom stereocenters. The Morgan fingerprint density at radius 2 is 1.69 bits per heavy atom. The first-order valence-corrected chi connectivity index (χ1v) is 11.4. The van der Waals surface area contributed by atoms with E-state index in [1.807, 2.05) is 57.2 Å². The number of carbonyl (C=O) groups is 2. The van der Waals surface area contributed by atoms with Crippen molar-refractivity contribution >= 4 is 28.4 Å². The zero-order chi connectivity index (χ0) is 24.9. The molecule has 0 bridgehead atoms. The van der Waals surface area contributed by atoms with Crippen molar-refractivity contribution in [3.63, 3.8) is 0 Å². The zero-order valence-corrected chi connectivity index (χ0v) is 19.7. The van der Waals surface area contributed by atoms with Crippen LogP contribution in [0, 0.1) is 26.6 Å². The molecule has 1 amide bonds. The fourth-order valence-corrected chi connectivity index (χ4v) is 4.82. The van der Waals surface area contributed by atoms with E-state index in [0.29, 0.717) is 11.1 Å². The average molecular weight is 469 g/mol. The van der Waals surface area contributed by atoms with Crippen LogP contribution in [0.15, 0.2) is 72.3 Å². The van der Waals surface area contributed by atoms with Gasteiger partial charge in [-0.3, -0.25) is 9.59 Å². The summed E-state index contributed by atoms with van der Waals surface area (Å²) in [5.41, 5.74) is 5.67. The highest BCUT2D eigenvalue weighted by Gasteiger charge is 2.47. The molecule has 0 saturated carbocycles. The number of hydrogen-bond donors (Lipinski definition) is 2. The van der Waals surface area contributed by atoms with Crippen LogP contribution < -0.4 is 0 Å². The largest absolute Gasteiger partial charge is 0.507 e. The summed E-state index contributed by atoms with van der Waals surface area (Å²) in [5.74, 6) is -2.02. The van der Waals surface area contributed by atoms with E-state index in [9.17, 15) is 19.1 Å². The molecule has 0 spiro atoms. The SMILES string of the molecule is Cc1ccc(/C(O)=C2\C(=O)C(=O)N(Cc3ccc(F)cc3)C2c2c(C)[nH]c3ccccc23)cc1C. The molecule has 176 valence electrons. The number of rotatable bonds is 4. The average Bonchev–Trinajstić information content (AvgIpc) is 3.29. The van der Waals surface area contributed by atoms with Gasteiger partial charge in [-0.2, -0.15) is 0 Å². The van der Waals surface area contributed by atoms with E-state index in [4.69, 9.17) is 0 Å². The maximum Gasteiger partial charge on any atom is 0.295 e. The quantitative estimate of drug-likeness (QED) is 0.224. The highest BCUT2D eigenvalue weighted by molar-refractivity contribution is 6.46. The third-order valence-corrected chi connectivity index (χ3v) is 6.80. The van der Waals surface area contributed by atoms with E-state index in [1.165, 1.54) is 17.0 Å². The van der Waals surface area contributed by atoms with Crippen molar-refractivity contribution in [2.45, 2.75) is 33.4 Å². The normalized spacial score (nSPS) is 17.5. The number of aromatic amines is 1. The minimum absolute atomic E-state index is 0.0493. The molecule has 1 saturated heterocycles. The van der Waals surface area contributed by atoms with Gasteiger partial charge in [-0.25, -0.2) is 4.39 Å². The smallest absolute Gasteiger partial charge is 0.295 e. The van der Waals surface area contributed by atoms with Gasteiger partial charge in [0.1, 0.15) is 11.6 Å². The molecule has 1 fully saturated rings. The Bertz CT molecular complexity index is 1510. The van der Waals surface area contributed by atoms with Gasteiger partial charge in [-0.05, 0) is 61.7 Å². The van der Waals surface area contributed by atoms with Crippen LogP contribution in [0.3, 0.4) is 0 Å². The molecule has 1 aliphatic heterocycles. The zero-order valence-electron chi connectivity index (χ0n) is 19.7. The summed E-state index contributed by atoms with van der Waals surface area (Å²) in [6.07, 6.45) is 0. The number of aliphatic hydroxyl groups is 1. The number of aromatic nitrogens is 1. The fourth-order valence-electron chi connectivity index (χ4n) is 4.82. The van der Waals surface area contributed by atoms with Gasteiger partial charge in [0, 0.05) is 34.3 Å². The van der Waals surface area contributed by atoms with Crippen molar-refractivity contribution in [2.24, 2.45) is 0 Å². The molecular weight excluding hydrogens is 443 g/mol. The van der Waals surface area contributed by atoms with Crippen LogP contribution in [0.4, 0.5) is 4.39 Å². The molecular formula is C29H25FN2O3. The number of fused-ring (bicyclic) bond motifs is 1. The standard InChI is InChI=1S/C29H25FN2O3/c1-16-8-11-20(14-17(16)2)27(33)25-26(24-18(3)31-23-7-5-4-6-22(23)24)32(29(35)28(25)34)15-19-9-12-21(30)13-10-19/h4-14,26,31,33H,15H2,1-3H3/b27-25+. The Morgan fingerprint density at radius 3 is 2.40 bits per heavy atom. The molecule has 2 heterocycles. The number of carbonyl (C=O) groups excluding carboxylic acids is 2. The number of ketones is 1. The molecule has 2 N–H and O–H groups in total. The van der Waals surface area contributed by atoms with E-state index < -0.39 is 17.7 Å². The molecule has 3 aromatic carbocycles. The number of nitrogens with zero attached hydrogens (tertiary/aromatic N) is 1. The van der Waals surface area contributed by atoms with E-state index >= 15 is 0 Å².